The summed E-state index contributed by atoms with van der Waals surface area (Å²) in [5, 5.41) is 5.74. The van der Waals surface area contributed by atoms with Crippen molar-refractivity contribution >= 4 is 52.7 Å². The molecule has 2 N–H and O–H groups in total. The Balaban J connectivity index is 1.85. The minimum Gasteiger partial charge on any atom is -0.452 e. The van der Waals surface area contributed by atoms with Crippen molar-refractivity contribution in [1.82, 2.24) is 10.2 Å². The van der Waals surface area contributed by atoms with Gasteiger partial charge in [-0.2, -0.15) is 0 Å². The fraction of sp³-hybridized carbons (Fsp3) is 0.412. The summed E-state index contributed by atoms with van der Waals surface area (Å²) in [6.45, 7) is 4.40. The number of benzene rings is 1. The van der Waals surface area contributed by atoms with Gasteiger partial charge in [0.1, 0.15) is 5.54 Å². The average molecular weight is 416 g/mol. The molecule has 1 fully saturated rings. The van der Waals surface area contributed by atoms with Crippen molar-refractivity contribution in [3.05, 3.63) is 28.2 Å². The number of imide groups is 1. The number of ether oxygens (including phenoxy) is 1. The normalized spacial score (nSPS) is 16.7. The molecular weight excluding hydrogens is 397 g/mol. The fourth-order valence-corrected chi connectivity index (χ4v) is 2.93. The maximum atomic E-state index is 12.1. The molecule has 27 heavy (non-hydrogen) atoms. The first-order valence-corrected chi connectivity index (χ1v) is 8.86. The minimum atomic E-state index is -1.09. The van der Waals surface area contributed by atoms with Gasteiger partial charge in [0.25, 0.3) is 11.8 Å². The van der Waals surface area contributed by atoms with Gasteiger partial charge >= 0.3 is 12.0 Å². The van der Waals surface area contributed by atoms with E-state index in [1.165, 1.54) is 25.1 Å². The molecule has 1 atom stereocenters. The first kappa shape index (κ1) is 21.0. The van der Waals surface area contributed by atoms with E-state index in [-0.39, 0.29) is 13.0 Å². The molecule has 4 amide bonds. The van der Waals surface area contributed by atoms with Gasteiger partial charge in [0.05, 0.1) is 6.42 Å². The Morgan fingerprint density at radius 3 is 2.33 bits per heavy atom. The lowest BCUT2D eigenvalue weighted by molar-refractivity contribution is -0.153. The predicted molar refractivity (Wildman–Crippen MR) is 99.6 cm³/mol. The highest BCUT2D eigenvalue weighted by atomic mass is 35.5. The quantitative estimate of drug-likeness (QED) is 0.548. The van der Waals surface area contributed by atoms with Crippen LogP contribution < -0.4 is 10.6 Å². The third kappa shape index (κ3) is 5.33. The lowest BCUT2D eigenvalue weighted by Gasteiger charge is -2.17. The minimum absolute atomic E-state index is 0.134. The van der Waals surface area contributed by atoms with Gasteiger partial charge in [-0.1, -0.05) is 23.2 Å². The molecule has 0 aliphatic carbocycles. The molecule has 0 spiro atoms. The molecule has 2 rings (SSSR count). The first-order chi connectivity index (χ1) is 12.5. The topological polar surface area (TPSA) is 105 Å². The Morgan fingerprint density at radius 1 is 1.22 bits per heavy atom. The summed E-state index contributed by atoms with van der Waals surface area (Å²) in [5.41, 5.74) is -0.645. The predicted octanol–water partition coefficient (Wildman–Crippen LogP) is 2.58. The maximum absolute atomic E-state index is 12.1. The molecule has 1 aromatic carbocycles. The van der Waals surface area contributed by atoms with Crippen LogP contribution in [-0.2, 0) is 19.1 Å². The molecule has 1 aliphatic rings. The van der Waals surface area contributed by atoms with E-state index in [4.69, 9.17) is 27.9 Å². The van der Waals surface area contributed by atoms with Crippen molar-refractivity contribution in [3.63, 3.8) is 0 Å². The molecule has 8 nitrogen and oxygen atoms in total. The van der Waals surface area contributed by atoms with E-state index in [0.29, 0.717) is 15.7 Å². The number of anilines is 1. The summed E-state index contributed by atoms with van der Waals surface area (Å²) >= 11 is 11.7. The summed E-state index contributed by atoms with van der Waals surface area (Å²) in [7, 11) is 0. The summed E-state index contributed by atoms with van der Waals surface area (Å²) in [6.07, 6.45) is -1.31. The number of hydrogen-bond acceptors (Lipinski definition) is 5. The Morgan fingerprint density at radius 2 is 1.81 bits per heavy atom. The SMILES string of the molecule is C[C@H](OC(=O)CCN1C(=O)NC(C)(C)C1=O)C(=O)Nc1cc(Cl)cc(Cl)c1. The molecule has 0 aromatic heterocycles. The number of rotatable bonds is 6. The molecule has 0 radical (unpaired) electrons. The molecule has 0 unspecified atom stereocenters. The van der Waals surface area contributed by atoms with Crippen LogP contribution in [0.3, 0.4) is 0 Å². The first-order valence-electron chi connectivity index (χ1n) is 8.10. The Hall–Kier alpha value is -2.32. The van der Waals surface area contributed by atoms with Crippen LogP contribution in [0.4, 0.5) is 10.5 Å². The van der Waals surface area contributed by atoms with E-state index in [2.05, 4.69) is 10.6 Å². The van der Waals surface area contributed by atoms with Gasteiger partial charge in [-0.25, -0.2) is 4.79 Å². The van der Waals surface area contributed by atoms with Gasteiger partial charge in [0.15, 0.2) is 6.10 Å². The van der Waals surface area contributed by atoms with Crippen LogP contribution in [-0.4, -0.2) is 46.9 Å². The monoisotopic (exact) mass is 415 g/mol. The van der Waals surface area contributed by atoms with Gasteiger partial charge in [0, 0.05) is 22.3 Å². The Kier molecular flexibility index (Phi) is 6.33. The Bertz CT molecular complexity index is 777. The van der Waals surface area contributed by atoms with E-state index in [1.807, 2.05) is 0 Å². The third-order valence-electron chi connectivity index (χ3n) is 3.79. The molecule has 10 heteroatoms. The van der Waals surface area contributed by atoms with Crippen LogP contribution in [0, 0.1) is 0 Å². The Labute approximate surface area is 166 Å². The fourth-order valence-electron chi connectivity index (χ4n) is 2.40. The van der Waals surface area contributed by atoms with Crippen molar-refractivity contribution in [3.8, 4) is 0 Å². The number of carbonyl (C=O) groups excluding carboxylic acids is 4. The number of carbonyl (C=O) groups is 4. The van der Waals surface area contributed by atoms with E-state index in [1.54, 1.807) is 13.8 Å². The molecule has 0 saturated carbocycles. The van der Waals surface area contributed by atoms with E-state index < -0.39 is 35.5 Å². The van der Waals surface area contributed by atoms with Crippen LogP contribution in [0.15, 0.2) is 18.2 Å². The number of nitrogens with one attached hydrogen (secondary N) is 2. The van der Waals surface area contributed by atoms with Crippen LogP contribution in [0.1, 0.15) is 27.2 Å². The number of nitrogens with zero attached hydrogens (tertiary/aromatic N) is 1. The van der Waals surface area contributed by atoms with E-state index in [9.17, 15) is 19.2 Å². The summed E-state index contributed by atoms with van der Waals surface area (Å²) in [4.78, 5) is 48.8. The van der Waals surface area contributed by atoms with Gasteiger partial charge in [-0.05, 0) is 39.0 Å². The van der Waals surface area contributed by atoms with Crippen molar-refractivity contribution in [2.24, 2.45) is 0 Å². The average Bonchev–Trinajstić information content (AvgIpc) is 2.72. The summed E-state index contributed by atoms with van der Waals surface area (Å²) in [5.74, 6) is -1.71. The van der Waals surface area contributed by atoms with Gasteiger partial charge < -0.3 is 15.4 Å². The number of hydrogen-bond donors (Lipinski definition) is 2. The lowest BCUT2D eigenvalue weighted by atomic mass is 10.1. The van der Waals surface area contributed by atoms with Crippen molar-refractivity contribution < 1.29 is 23.9 Å². The molecule has 1 aliphatic heterocycles. The molecule has 1 heterocycles. The zero-order valence-electron chi connectivity index (χ0n) is 15.0. The second kappa shape index (κ2) is 8.14. The standard InChI is InChI=1S/C17H19Cl2N3O5/c1-9(14(24)20-12-7-10(18)6-11(19)8-12)27-13(23)4-5-22-15(25)17(2,3)21-16(22)26/h6-9H,4-5H2,1-3H3,(H,20,24)(H,21,26)/t9-/m0/s1. The van der Waals surface area contributed by atoms with Crippen molar-refractivity contribution in [1.29, 1.82) is 0 Å². The van der Waals surface area contributed by atoms with Crippen LogP contribution in [0.2, 0.25) is 10.0 Å². The van der Waals surface area contributed by atoms with E-state index >= 15 is 0 Å². The molecule has 146 valence electrons. The van der Waals surface area contributed by atoms with E-state index in [0.717, 1.165) is 4.90 Å². The second-order valence-electron chi connectivity index (χ2n) is 6.54. The van der Waals surface area contributed by atoms with Gasteiger partial charge in [-0.3, -0.25) is 19.3 Å². The van der Waals surface area contributed by atoms with Gasteiger partial charge in [0.2, 0.25) is 0 Å². The smallest absolute Gasteiger partial charge is 0.325 e. The van der Waals surface area contributed by atoms with Crippen LogP contribution in [0.5, 0.6) is 0 Å². The molecule has 0 bridgehead atoms. The third-order valence-corrected chi connectivity index (χ3v) is 4.23. The number of halogens is 2. The second-order valence-corrected chi connectivity index (χ2v) is 7.41. The van der Waals surface area contributed by atoms with Crippen molar-refractivity contribution in [2.75, 3.05) is 11.9 Å². The zero-order valence-corrected chi connectivity index (χ0v) is 16.5. The number of amides is 4. The highest BCUT2D eigenvalue weighted by molar-refractivity contribution is 6.35. The largest absolute Gasteiger partial charge is 0.452 e. The van der Waals surface area contributed by atoms with Crippen LogP contribution in [0.25, 0.3) is 0 Å². The lowest BCUT2D eigenvalue weighted by Crippen LogP contribution is -2.40. The molecule has 1 aromatic rings. The summed E-state index contributed by atoms with van der Waals surface area (Å²) in [6, 6.07) is 3.94. The number of urea groups is 1. The summed E-state index contributed by atoms with van der Waals surface area (Å²) < 4.78 is 5.04. The highest BCUT2D eigenvalue weighted by Crippen LogP contribution is 2.22. The zero-order chi connectivity index (χ0) is 20.4. The van der Waals surface area contributed by atoms with Crippen LogP contribution >= 0.6 is 23.2 Å². The van der Waals surface area contributed by atoms with Crippen molar-refractivity contribution in [2.45, 2.75) is 38.8 Å². The number of esters is 1. The molecule has 1 saturated heterocycles. The van der Waals surface area contributed by atoms with Gasteiger partial charge in [-0.15, -0.1) is 0 Å². The molecular formula is C17H19Cl2N3O5. The highest BCUT2D eigenvalue weighted by Gasteiger charge is 2.44. The maximum Gasteiger partial charge on any atom is 0.325 e.